The smallest absolute Gasteiger partial charge is 0.345 e. The molecular formula is C15H30N2O3SSi. The van der Waals surface area contributed by atoms with E-state index in [1.54, 1.807) is 18.1 Å². The first-order valence-corrected chi connectivity index (χ1v) is 11.6. The van der Waals surface area contributed by atoms with E-state index in [0.717, 1.165) is 12.7 Å². The summed E-state index contributed by atoms with van der Waals surface area (Å²) in [6.07, 6.45) is 5.41. The zero-order chi connectivity index (χ0) is 17.2. The van der Waals surface area contributed by atoms with E-state index in [1.807, 2.05) is 31.3 Å². The predicted octanol–water partition coefficient (Wildman–Crippen LogP) is 3.32. The van der Waals surface area contributed by atoms with E-state index >= 15 is 0 Å². The maximum Gasteiger partial charge on any atom is 0.345 e. The van der Waals surface area contributed by atoms with Gasteiger partial charge in [0.05, 0.1) is 6.61 Å². The van der Waals surface area contributed by atoms with Crippen molar-refractivity contribution >= 4 is 26.7 Å². The van der Waals surface area contributed by atoms with Gasteiger partial charge in [-0.25, -0.2) is 4.79 Å². The first kappa shape index (κ1) is 21.1. The lowest BCUT2D eigenvalue weighted by Gasteiger charge is -2.30. The highest BCUT2D eigenvalue weighted by molar-refractivity contribution is 7.85. The Kier molecular flexibility index (Phi) is 10.3. The van der Waals surface area contributed by atoms with Gasteiger partial charge in [0, 0.05) is 34.1 Å². The number of rotatable bonds is 10. The molecule has 0 bridgehead atoms. The molecule has 0 aliphatic carbocycles. The molecule has 128 valence electrons. The molecule has 0 heterocycles. The van der Waals surface area contributed by atoms with Crippen molar-refractivity contribution in [2.24, 2.45) is 0 Å². The van der Waals surface area contributed by atoms with Gasteiger partial charge in [-0.1, -0.05) is 25.7 Å². The number of hydrogen-bond donors (Lipinski definition) is 1. The van der Waals surface area contributed by atoms with E-state index in [2.05, 4.69) is 32.3 Å². The molecule has 0 unspecified atom stereocenters. The number of carbonyl (C=O) groups is 1. The van der Waals surface area contributed by atoms with Gasteiger partial charge in [-0.2, -0.15) is 0 Å². The zero-order valence-electron chi connectivity index (χ0n) is 14.6. The highest BCUT2D eigenvalue weighted by atomic mass is 32.1. The average molecular weight is 347 g/mol. The quantitative estimate of drug-likeness (QED) is 0.125. The lowest BCUT2D eigenvalue weighted by molar-refractivity contribution is -0.137. The van der Waals surface area contributed by atoms with Crippen molar-refractivity contribution < 1.29 is 14.3 Å². The third kappa shape index (κ3) is 9.91. The van der Waals surface area contributed by atoms with E-state index in [-0.39, 0.29) is 4.91 Å². The van der Waals surface area contributed by atoms with Crippen molar-refractivity contribution in [1.82, 2.24) is 10.0 Å². The Morgan fingerprint density at radius 3 is 2.45 bits per heavy atom. The van der Waals surface area contributed by atoms with Crippen molar-refractivity contribution in [3.63, 3.8) is 0 Å². The average Bonchev–Trinajstić information content (AvgIpc) is 2.41. The van der Waals surface area contributed by atoms with Crippen LogP contribution < -0.4 is 0 Å². The molecule has 0 atom stereocenters. The standard InChI is InChI=1S/C15H30N2O3SSi/c1-7-9-17(13-19-10-11-22(4,5)6)16(3)12-14(21)15(18)20-8-2/h7,9,12,21H,8,10-11,13H2,1-6H3/b9-7-,14-12-. The molecular weight excluding hydrogens is 316 g/mol. The number of hydrazine groups is 1. The first-order chi connectivity index (χ1) is 10.2. The molecule has 7 heteroatoms. The van der Waals surface area contributed by atoms with Crippen molar-refractivity contribution in [2.45, 2.75) is 39.5 Å². The van der Waals surface area contributed by atoms with E-state index in [9.17, 15) is 4.79 Å². The third-order valence-corrected chi connectivity index (χ3v) is 4.74. The Morgan fingerprint density at radius 2 is 1.95 bits per heavy atom. The van der Waals surface area contributed by atoms with Crippen molar-refractivity contribution in [3.8, 4) is 0 Å². The molecule has 0 aromatic rings. The van der Waals surface area contributed by atoms with Crippen molar-refractivity contribution in [2.75, 3.05) is 27.0 Å². The molecule has 22 heavy (non-hydrogen) atoms. The van der Waals surface area contributed by atoms with Crippen LogP contribution >= 0.6 is 12.6 Å². The molecule has 0 saturated heterocycles. The summed E-state index contributed by atoms with van der Waals surface area (Å²) in [5.74, 6) is -0.433. The maximum atomic E-state index is 11.6. The molecule has 5 nitrogen and oxygen atoms in total. The molecule has 0 spiro atoms. The number of ether oxygens (including phenoxy) is 2. The van der Waals surface area contributed by atoms with E-state index in [1.165, 1.54) is 0 Å². The van der Waals surface area contributed by atoms with Crippen molar-refractivity contribution in [3.05, 3.63) is 23.4 Å². The van der Waals surface area contributed by atoms with Crippen LogP contribution in [-0.4, -0.2) is 51.1 Å². The summed E-state index contributed by atoms with van der Waals surface area (Å²) in [4.78, 5) is 11.8. The summed E-state index contributed by atoms with van der Waals surface area (Å²) >= 11 is 4.17. The maximum absolute atomic E-state index is 11.6. The summed E-state index contributed by atoms with van der Waals surface area (Å²) in [6.45, 7) is 12.2. The van der Waals surface area contributed by atoms with Crippen LogP contribution in [-0.2, 0) is 14.3 Å². The Morgan fingerprint density at radius 1 is 1.32 bits per heavy atom. The molecule has 0 aliphatic rings. The third-order valence-electron chi connectivity index (χ3n) is 2.74. The molecule has 0 fully saturated rings. The van der Waals surface area contributed by atoms with Crippen LogP contribution in [0.15, 0.2) is 23.4 Å². The number of hydrogen-bond acceptors (Lipinski definition) is 6. The molecule has 0 amide bonds. The Balaban J connectivity index is 4.54. The van der Waals surface area contributed by atoms with Gasteiger partial charge in [0.1, 0.15) is 11.6 Å². The Hall–Kier alpha value is -0.923. The second-order valence-corrected chi connectivity index (χ2v) is 12.2. The summed E-state index contributed by atoms with van der Waals surface area (Å²) in [5.41, 5.74) is 0. The topological polar surface area (TPSA) is 42.0 Å². The monoisotopic (exact) mass is 346 g/mol. The number of thiol groups is 1. The fraction of sp³-hybridized carbons (Fsp3) is 0.667. The molecule has 0 aromatic heterocycles. The van der Waals surface area contributed by atoms with Gasteiger partial charge in [-0.15, -0.1) is 12.6 Å². The molecule has 0 saturated carbocycles. The van der Waals surface area contributed by atoms with Gasteiger partial charge >= 0.3 is 5.97 Å². The van der Waals surface area contributed by atoms with Crippen LogP contribution in [0.3, 0.4) is 0 Å². The van der Waals surface area contributed by atoms with Crippen LogP contribution in [0, 0.1) is 0 Å². The highest BCUT2D eigenvalue weighted by Crippen LogP contribution is 2.10. The molecule has 0 radical (unpaired) electrons. The van der Waals surface area contributed by atoms with Gasteiger partial charge in [-0.3, -0.25) is 10.0 Å². The minimum Gasteiger partial charge on any atom is -0.462 e. The van der Waals surface area contributed by atoms with Gasteiger partial charge in [-0.05, 0) is 19.9 Å². The number of nitrogens with zero attached hydrogens (tertiary/aromatic N) is 2. The van der Waals surface area contributed by atoms with Crippen LogP contribution in [0.25, 0.3) is 0 Å². The minimum atomic E-state index is -1.09. The van der Waals surface area contributed by atoms with Gasteiger partial charge in [0.2, 0.25) is 0 Å². The lowest BCUT2D eigenvalue weighted by atomic mass is 10.6. The second kappa shape index (κ2) is 10.7. The van der Waals surface area contributed by atoms with E-state index in [0.29, 0.717) is 13.3 Å². The fourth-order valence-corrected chi connectivity index (χ4v) is 2.45. The SMILES string of the molecule is C/C=C\N(COCC[Si](C)(C)C)N(C)/C=C(\S)C(=O)OCC. The highest BCUT2D eigenvalue weighted by Gasteiger charge is 2.13. The lowest BCUT2D eigenvalue weighted by Crippen LogP contribution is -2.34. The summed E-state index contributed by atoms with van der Waals surface area (Å²) in [7, 11) is 0.745. The first-order valence-electron chi connectivity index (χ1n) is 7.49. The Labute approximate surface area is 141 Å². The molecule has 0 rings (SSSR count). The van der Waals surface area contributed by atoms with Gasteiger partial charge in [0.25, 0.3) is 0 Å². The predicted molar refractivity (Wildman–Crippen MR) is 97.1 cm³/mol. The van der Waals surface area contributed by atoms with Gasteiger partial charge < -0.3 is 9.47 Å². The summed E-state index contributed by atoms with van der Waals surface area (Å²) in [6, 6.07) is 1.12. The minimum absolute atomic E-state index is 0.251. The molecule has 0 N–H and O–H groups in total. The van der Waals surface area contributed by atoms with Crippen LogP contribution in [0.2, 0.25) is 25.7 Å². The van der Waals surface area contributed by atoms with Crippen LogP contribution in [0.1, 0.15) is 13.8 Å². The second-order valence-electron chi connectivity index (χ2n) is 6.08. The Bertz CT molecular complexity index is 395. The molecule has 0 aromatic carbocycles. The van der Waals surface area contributed by atoms with E-state index in [4.69, 9.17) is 9.47 Å². The normalized spacial score (nSPS) is 12.6. The molecule has 0 aliphatic heterocycles. The van der Waals surface area contributed by atoms with E-state index < -0.39 is 14.0 Å². The zero-order valence-corrected chi connectivity index (χ0v) is 16.5. The summed E-state index contributed by atoms with van der Waals surface area (Å²) in [5, 5.41) is 3.62. The number of allylic oxidation sites excluding steroid dienone is 1. The largest absolute Gasteiger partial charge is 0.462 e. The van der Waals surface area contributed by atoms with Gasteiger partial charge in [0.15, 0.2) is 0 Å². The van der Waals surface area contributed by atoms with Crippen molar-refractivity contribution in [1.29, 1.82) is 0 Å². The fourth-order valence-electron chi connectivity index (χ4n) is 1.46. The van der Waals surface area contributed by atoms with Crippen LogP contribution in [0.4, 0.5) is 0 Å². The number of carbonyl (C=O) groups excluding carboxylic acids is 1. The van der Waals surface area contributed by atoms with Crippen LogP contribution in [0.5, 0.6) is 0 Å². The number of esters is 1. The summed E-state index contributed by atoms with van der Waals surface area (Å²) < 4.78 is 10.6.